The van der Waals surface area contributed by atoms with Crippen molar-refractivity contribution in [2.45, 2.75) is 57.7 Å². The van der Waals surface area contributed by atoms with E-state index < -0.39 is 23.3 Å². The van der Waals surface area contributed by atoms with E-state index in [1.807, 2.05) is 24.0 Å². The van der Waals surface area contributed by atoms with Crippen LogP contribution in [0.15, 0.2) is 12.4 Å². The average molecular weight is 489 g/mol. The molecule has 0 bridgehead atoms. The number of piperidine rings is 1. The van der Waals surface area contributed by atoms with Crippen molar-refractivity contribution in [3.05, 3.63) is 38.8 Å². The molecule has 4 heterocycles. The van der Waals surface area contributed by atoms with Crippen molar-refractivity contribution in [2.75, 3.05) is 33.8 Å². The fraction of sp³-hybridized carbons (Fsp3) is 0.636. The molecule has 7 nitrogen and oxygen atoms in total. The highest BCUT2D eigenvalue weighted by Crippen LogP contribution is 2.50. The summed E-state index contributed by atoms with van der Waals surface area (Å²) < 4.78 is 48.3. The number of fused-ring (bicyclic) bond motifs is 2. The van der Waals surface area contributed by atoms with E-state index in [0.29, 0.717) is 36.3 Å². The van der Waals surface area contributed by atoms with Crippen LogP contribution in [0.3, 0.4) is 0 Å². The number of rotatable bonds is 5. The number of amides is 1. The van der Waals surface area contributed by atoms with E-state index in [4.69, 9.17) is 4.74 Å². The van der Waals surface area contributed by atoms with Crippen molar-refractivity contribution in [2.24, 2.45) is 0 Å². The Labute approximate surface area is 195 Å². The van der Waals surface area contributed by atoms with Crippen molar-refractivity contribution in [3.8, 4) is 0 Å². The third-order valence-corrected chi connectivity index (χ3v) is 7.47. The smallest absolute Gasteiger partial charge is 0.392 e. The number of hydrogen-bond donors (Lipinski definition) is 1. The molecule has 0 radical (unpaired) electrons. The van der Waals surface area contributed by atoms with Gasteiger partial charge >= 0.3 is 6.18 Å². The highest BCUT2D eigenvalue weighted by atomic mass is 32.1. The summed E-state index contributed by atoms with van der Waals surface area (Å²) in [5.74, 6) is 0. The third kappa shape index (κ3) is 5.76. The number of alkyl halides is 3. The van der Waals surface area contributed by atoms with E-state index in [-0.39, 0.29) is 5.56 Å². The Morgan fingerprint density at radius 2 is 2.00 bits per heavy atom. The van der Waals surface area contributed by atoms with Crippen LogP contribution >= 0.6 is 11.3 Å². The van der Waals surface area contributed by atoms with Gasteiger partial charge in [-0.2, -0.15) is 18.3 Å². The first-order chi connectivity index (χ1) is 15.6. The molecule has 0 unspecified atom stereocenters. The summed E-state index contributed by atoms with van der Waals surface area (Å²) in [6.07, 6.45) is 1.95. The molecule has 0 atom stereocenters. The Morgan fingerprint density at radius 1 is 1.33 bits per heavy atom. The molecule has 1 fully saturated rings. The van der Waals surface area contributed by atoms with E-state index >= 15 is 0 Å². The van der Waals surface area contributed by atoms with Crippen LogP contribution in [0.2, 0.25) is 0 Å². The lowest BCUT2D eigenvalue weighted by Crippen LogP contribution is -2.45. The van der Waals surface area contributed by atoms with E-state index in [1.54, 1.807) is 14.1 Å². The van der Waals surface area contributed by atoms with Gasteiger partial charge in [0.25, 0.3) is 0 Å². The number of ether oxygens (including phenoxy) is 1. The Morgan fingerprint density at radius 3 is 2.52 bits per heavy atom. The number of aliphatic hydroxyl groups is 1. The molecule has 11 heteroatoms. The molecule has 1 amide bonds. The number of hydrogen-bond acceptors (Lipinski definition) is 6. The number of halogens is 3. The van der Waals surface area contributed by atoms with Crippen molar-refractivity contribution in [1.29, 1.82) is 0 Å². The van der Waals surface area contributed by atoms with Crippen LogP contribution in [-0.4, -0.2) is 64.9 Å². The van der Waals surface area contributed by atoms with Crippen LogP contribution in [0, 0.1) is 0 Å². The number of aromatic nitrogens is 2. The largest absolute Gasteiger partial charge is 0.425 e. The molecule has 4 rings (SSSR count). The SMILES string of the molecule is CCn1cc(CN2CCC3(CC2)OCCc2c3sc(C(F)(F)F)c2CO)cn1.CN(C)C=O. The second kappa shape index (κ2) is 10.5. The van der Waals surface area contributed by atoms with E-state index in [9.17, 15) is 23.1 Å². The highest BCUT2D eigenvalue weighted by molar-refractivity contribution is 7.12. The van der Waals surface area contributed by atoms with Gasteiger partial charge in [0.1, 0.15) is 10.5 Å². The fourth-order valence-corrected chi connectivity index (χ4v) is 5.73. The van der Waals surface area contributed by atoms with Gasteiger partial charge in [-0.15, -0.1) is 11.3 Å². The zero-order valence-corrected chi connectivity index (χ0v) is 20.0. The minimum Gasteiger partial charge on any atom is -0.392 e. The van der Waals surface area contributed by atoms with Gasteiger partial charge in [-0.05, 0) is 31.7 Å². The molecule has 184 valence electrons. The maximum atomic E-state index is 13.5. The number of carbonyl (C=O) groups is 1. The molecule has 1 spiro atoms. The lowest BCUT2D eigenvalue weighted by atomic mass is 9.84. The van der Waals surface area contributed by atoms with Gasteiger partial charge in [0.2, 0.25) is 6.41 Å². The number of aryl methyl sites for hydroxylation is 1. The summed E-state index contributed by atoms with van der Waals surface area (Å²) >= 11 is 0.769. The molecule has 1 N–H and O–H groups in total. The minimum atomic E-state index is -4.44. The lowest BCUT2D eigenvalue weighted by molar-refractivity contribution is -0.135. The number of thiophene rings is 1. The van der Waals surface area contributed by atoms with E-state index in [2.05, 4.69) is 10.00 Å². The van der Waals surface area contributed by atoms with Gasteiger partial charge < -0.3 is 14.7 Å². The zero-order chi connectivity index (χ0) is 24.2. The third-order valence-electron chi connectivity index (χ3n) is 5.97. The average Bonchev–Trinajstić information content (AvgIpc) is 3.40. The molecule has 2 aliphatic heterocycles. The predicted molar refractivity (Wildman–Crippen MR) is 119 cm³/mol. The van der Waals surface area contributed by atoms with Gasteiger partial charge in [-0.3, -0.25) is 14.4 Å². The summed E-state index contributed by atoms with van der Waals surface area (Å²) in [4.78, 5) is 13.2. The number of likely N-dealkylation sites (tertiary alicyclic amines) is 1. The van der Waals surface area contributed by atoms with Crippen LogP contribution in [-0.2, 0) is 47.4 Å². The van der Waals surface area contributed by atoms with Crippen LogP contribution in [0.25, 0.3) is 0 Å². The van der Waals surface area contributed by atoms with Crippen molar-refractivity contribution in [3.63, 3.8) is 0 Å². The molecule has 0 aliphatic carbocycles. The van der Waals surface area contributed by atoms with Crippen LogP contribution in [0.5, 0.6) is 0 Å². The quantitative estimate of drug-likeness (QED) is 0.655. The first kappa shape index (κ1) is 25.7. The Balaban J connectivity index is 0.000000555. The predicted octanol–water partition coefficient (Wildman–Crippen LogP) is 3.24. The molecule has 33 heavy (non-hydrogen) atoms. The van der Waals surface area contributed by atoms with Crippen LogP contribution < -0.4 is 0 Å². The summed E-state index contributed by atoms with van der Waals surface area (Å²) in [7, 11) is 3.38. The summed E-state index contributed by atoms with van der Waals surface area (Å²) in [5, 5.41) is 13.9. The maximum Gasteiger partial charge on any atom is 0.425 e. The van der Waals surface area contributed by atoms with Gasteiger partial charge in [0.05, 0.1) is 19.4 Å². The number of nitrogens with zero attached hydrogens (tertiary/aromatic N) is 4. The normalized spacial score (nSPS) is 17.9. The molecule has 2 aromatic heterocycles. The van der Waals surface area contributed by atoms with Crippen LogP contribution in [0.4, 0.5) is 13.2 Å². The zero-order valence-electron chi connectivity index (χ0n) is 19.2. The van der Waals surface area contributed by atoms with Gasteiger partial charge in [-0.1, -0.05) is 0 Å². The molecule has 0 aromatic carbocycles. The Hall–Kier alpha value is -1.95. The van der Waals surface area contributed by atoms with E-state index in [0.717, 1.165) is 49.5 Å². The molecule has 2 aliphatic rings. The van der Waals surface area contributed by atoms with Crippen molar-refractivity contribution in [1.82, 2.24) is 19.6 Å². The molecular weight excluding hydrogens is 457 g/mol. The monoisotopic (exact) mass is 488 g/mol. The van der Waals surface area contributed by atoms with Gasteiger partial charge in [0, 0.05) is 62.5 Å². The number of carbonyl (C=O) groups excluding carboxylic acids is 1. The highest BCUT2D eigenvalue weighted by Gasteiger charge is 2.47. The maximum absolute atomic E-state index is 13.5. The first-order valence-corrected chi connectivity index (χ1v) is 11.8. The Kier molecular flexibility index (Phi) is 8.20. The topological polar surface area (TPSA) is 70.8 Å². The summed E-state index contributed by atoms with van der Waals surface area (Å²) in [6, 6.07) is 0. The van der Waals surface area contributed by atoms with Gasteiger partial charge in [0.15, 0.2) is 0 Å². The second-order valence-corrected chi connectivity index (χ2v) is 9.54. The fourth-order valence-electron chi connectivity index (χ4n) is 4.30. The first-order valence-electron chi connectivity index (χ1n) is 11.0. The van der Waals surface area contributed by atoms with Crippen LogP contribution in [0.1, 0.15) is 46.2 Å². The molecule has 1 saturated heterocycles. The van der Waals surface area contributed by atoms with Crippen molar-refractivity contribution >= 4 is 17.7 Å². The second-order valence-electron chi connectivity index (χ2n) is 8.52. The van der Waals surface area contributed by atoms with Crippen molar-refractivity contribution < 1.29 is 27.8 Å². The number of aliphatic hydroxyl groups excluding tert-OH is 1. The summed E-state index contributed by atoms with van der Waals surface area (Å²) in [6.45, 7) is 4.97. The minimum absolute atomic E-state index is 0.0459. The molecule has 0 saturated carbocycles. The van der Waals surface area contributed by atoms with Gasteiger partial charge in [-0.25, -0.2) is 0 Å². The summed E-state index contributed by atoms with van der Waals surface area (Å²) in [5.41, 5.74) is 1.19. The van der Waals surface area contributed by atoms with E-state index in [1.165, 1.54) is 4.90 Å². The standard InChI is InChI=1S/C19H24F3N3O2S.C3H7NO/c1-2-25-11-13(9-23-25)10-24-6-4-18(5-7-24)16-14(3-8-27-18)15(12-26)17(28-16)19(20,21)22;1-4(2)3-5/h9,11,26H,2-8,10,12H2,1H3;3H,1-2H3. The molecule has 2 aromatic rings. The Bertz CT molecular complexity index is 934. The molecular formula is C22H31F3N4O3S. The lowest BCUT2D eigenvalue weighted by Gasteiger charge is -2.43.